The second-order valence-electron chi connectivity index (χ2n) is 4.79. The molecule has 0 spiro atoms. The van der Waals surface area contributed by atoms with Crippen LogP contribution >= 0.6 is 31.9 Å². The smallest absolute Gasteiger partial charge is 0.143 e. The zero-order valence-electron chi connectivity index (χ0n) is 11.9. The number of ether oxygens (including phenoxy) is 1. The number of phenols is 1. The van der Waals surface area contributed by atoms with E-state index in [1.165, 1.54) is 5.56 Å². The molecule has 21 heavy (non-hydrogen) atoms. The van der Waals surface area contributed by atoms with E-state index in [1.54, 1.807) is 7.11 Å². The van der Waals surface area contributed by atoms with Crippen molar-refractivity contribution in [2.24, 2.45) is 0 Å². The van der Waals surface area contributed by atoms with E-state index >= 15 is 0 Å². The molecule has 112 valence electrons. The number of benzene rings is 2. The molecule has 5 heteroatoms. The predicted molar refractivity (Wildman–Crippen MR) is 91.8 cm³/mol. The normalized spacial score (nSPS) is 12.2. The molecule has 0 saturated heterocycles. The van der Waals surface area contributed by atoms with Gasteiger partial charge in [0.05, 0.1) is 16.1 Å². The Labute approximate surface area is 141 Å². The van der Waals surface area contributed by atoms with E-state index in [-0.39, 0.29) is 11.8 Å². The quantitative estimate of drug-likeness (QED) is 0.739. The van der Waals surface area contributed by atoms with Gasteiger partial charge in [0.25, 0.3) is 0 Å². The number of rotatable bonds is 5. The fourth-order valence-electron chi connectivity index (χ4n) is 2.02. The Morgan fingerprint density at radius 2 is 1.86 bits per heavy atom. The molecule has 0 saturated carbocycles. The minimum Gasteiger partial charge on any atom is -0.506 e. The number of halogens is 2. The monoisotopic (exact) mass is 413 g/mol. The number of nitrogens with one attached hydrogen (secondary N) is 1. The highest BCUT2D eigenvalue weighted by molar-refractivity contribution is 9.11. The molecular formula is C16H17Br2NO2. The summed E-state index contributed by atoms with van der Waals surface area (Å²) < 4.78 is 6.61. The van der Waals surface area contributed by atoms with Gasteiger partial charge < -0.3 is 15.2 Å². The molecule has 2 N–H and O–H groups in total. The Kier molecular flexibility index (Phi) is 5.67. The Bertz CT molecular complexity index is 608. The third kappa shape index (κ3) is 4.22. The molecule has 2 aromatic carbocycles. The molecule has 0 amide bonds. The SMILES string of the molecule is COc1cccc([C@@H](C)NCc2cc(Br)c(O)c(Br)c2)c1. The highest BCUT2D eigenvalue weighted by Crippen LogP contribution is 2.33. The summed E-state index contributed by atoms with van der Waals surface area (Å²) in [6, 6.07) is 12.0. The van der Waals surface area contributed by atoms with E-state index in [0.717, 1.165) is 11.3 Å². The van der Waals surface area contributed by atoms with Crippen LogP contribution in [0.3, 0.4) is 0 Å². The van der Waals surface area contributed by atoms with Gasteiger partial charge in [0.15, 0.2) is 0 Å². The van der Waals surface area contributed by atoms with Crippen molar-refractivity contribution < 1.29 is 9.84 Å². The molecule has 0 aliphatic carbocycles. The second-order valence-corrected chi connectivity index (χ2v) is 6.50. The average Bonchev–Trinajstić information content (AvgIpc) is 2.50. The summed E-state index contributed by atoms with van der Waals surface area (Å²) in [6.45, 7) is 2.81. The first-order chi connectivity index (χ1) is 10.0. The first kappa shape index (κ1) is 16.3. The Balaban J connectivity index is 2.05. The van der Waals surface area contributed by atoms with E-state index < -0.39 is 0 Å². The van der Waals surface area contributed by atoms with Crippen LogP contribution in [0.15, 0.2) is 45.3 Å². The van der Waals surface area contributed by atoms with Crippen LogP contribution in [0, 0.1) is 0 Å². The maximum Gasteiger partial charge on any atom is 0.143 e. The van der Waals surface area contributed by atoms with Crippen LogP contribution in [0.2, 0.25) is 0 Å². The molecule has 0 fully saturated rings. The molecule has 0 aliphatic rings. The van der Waals surface area contributed by atoms with Crippen molar-refractivity contribution in [2.75, 3.05) is 7.11 Å². The highest BCUT2D eigenvalue weighted by Gasteiger charge is 2.09. The van der Waals surface area contributed by atoms with E-state index in [4.69, 9.17) is 4.74 Å². The van der Waals surface area contributed by atoms with Gasteiger partial charge in [-0.25, -0.2) is 0 Å². The van der Waals surface area contributed by atoms with Gasteiger partial charge in [-0.2, -0.15) is 0 Å². The number of aromatic hydroxyl groups is 1. The number of hydrogen-bond acceptors (Lipinski definition) is 3. The van der Waals surface area contributed by atoms with E-state index in [9.17, 15) is 5.11 Å². The molecule has 2 aromatic rings. The lowest BCUT2D eigenvalue weighted by Gasteiger charge is -2.16. The summed E-state index contributed by atoms with van der Waals surface area (Å²) in [6.07, 6.45) is 0. The van der Waals surface area contributed by atoms with Crippen molar-refractivity contribution in [3.8, 4) is 11.5 Å². The molecule has 2 rings (SSSR count). The Morgan fingerprint density at radius 3 is 2.48 bits per heavy atom. The van der Waals surface area contributed by atoms with Gasteiger partial charge >= 0.3 is 0 Å². The summed E-state index contributed by atoms with van der Waals surface area (Å²) in [7, 11) is 1.67. The number of hydrogen-bond donors (Lipinski definition) is 2. The van der Waals surface area contributed by atoms with Crippen molar-refractivity contribution in [3.05, 3.63) is 56.5 Å². The van der Waals surface area contributed by atoms with Gasteiger partial charge in [0.2, 0.25) is 0 Å². The highest BCUT2D eigenvalue weighted by atomic mass is 79.9. The van der Waals surface area contributed by atoms with Crippen LogP contribution in [0.1, 0.15) is 24.1 Å². The van der Waals surface area contributed by atoms with Crippen LogP contribution in [0.25, 0.3) is 0 Å². The standard InChI is InChI=1S/C16H17Br2NO2/c1-10(12-4-3-5-13(8-12)21-2)19-9-11-6-14(17)16(20)15(18)7-11/h3-8,10,19-20H,9H2,1-2H3/t10-/m1/s1. The first-order valence-electron chi connectivity index (χ1n) is 6.55. The van der Waals surface area contributed by atoms with Crippen molar-refractivity contribution in [1.82, 2.24) is 5.32 Å². The predicted octanol–water partition coefficient (Wildman–Crippen LogP) is 4.78. The Morgan fingerprint density at radius 1 is 1.19 bits per heavy atom. The summed E-state index contributed by atoms with van der Waals surface area (Å²) in [5.74, 6) is 1.08. The van der Waals surface area contributed by atoms with Crippen LogP contribution in [0.4, 0.5) is 0 Å². The van der Waals surface area contributed by atoms with E-state index in [1.807, 2.05) is 30.3 Å². The maximum absolute atomic E-state index is 9.72. The van der Waals surface area contributed by atoms with Crippen molar-refractivity contribution >= 4 is 31.9 Å². The van der Waals surface area contributed by atoms with Crippen molar-refractivity contribution in [3.63, 3.8) is 0 Å². The zero-order chi connectivity index (χ0) is 15.4. The molecule has 0 aliphatic heterocycles. The lowest BCUT2D eigenvalue weighted by Crippen LogP contribution is -2.18. The molecule has 0 bridgehead atoms. The van der Waals surface area contributed by atoms with Gasteiger partial charge in [-0.1, -0.05) is 12.1 Å². The topological polar surface area (TPSA) is 41.5 Å². The molecular weight excluding hydrogens is 398 g/mol. The van der Waals surface area contributed by atoms with Gasteiger partial charge in [0, 0.05) is 12.6 Å². The molecule has 0 radical (unpaired) electrons. The van der Waals surface area contributed by atoms with Gasteiger partial charge in [-0.05, 0) is 74.2 Å². The second kappa shape index (κ2) is 7.29. The van der Waals surface area contributed by atoms with Gasteiger partial charge in [-0.3, -0.25) is 0 Å². The number of methoxy groups -OCH3 is 1. The van der Waals surface area contributed by atoms with Crippen molar-refractivity contribution in [2.45, 2.75) is 19.5 Å². The molecule has 0 aromatic heterocycles. The molecule has 0 unspecified atom stereocenters. The molecule has 0 heterocycles. The van der Waals surface area contributed by atoms with Crippen LogP contribution in [0.5, 0.6) is 11.5 Å². The third-order valence-corrected chi connectivity index (χ3v) is 4.49. The molecule has 3 nitrogen and oxygen atoms in total. The van der Waals surface area contributed by atoms with Gasteiger partial charge in [-0.15, -0.1) is 0 Å². The lowest BCUT2D eigenvalue weighted by atomic mass is 10.1. The van der Waals surface area contributed by atoms with Crippen LogP contribution < -0.4 is 10.1 Å². The first-order valence-corrected chi connectivity index (χ1v) is 8.14. The Hall–Kier alpha value is -1.04. The number of phenolic OH excluding ortho intramolecular Hbond substituents is 1. The zero-order valence-corrected chi connectivity index (χ0v) is 15.0. The maximum atomic E-state index is 9.72. The fourth-order valence-corrected chi connectivity index (χ4v) is 3.30. The summed E-state index contributed by atoms with van der Waals surface area (Å²) >= 11 is 6.69. The average molecular weight is 415 g/mol. The minimum atomic E-state index is 0.200. The van der Waals surface area contributed by atoms with Gasteiger partial charge in [0.1, 0.15) is 11.5 Å². The third-order valence-electron chi connectivity index (χ3n) is 3.28. The largest absolute Gasteiger partial charge is 0.506 e. The molecule has 1 atom stereocenters. The van der Waals surface area contributed by atoms with Crippen molar-refractivity contribution in [1.29, 1.82) is 0 Å². The van der Waals surface area contributed by atoms with Crippen LogP contribution in [-0.4, -0.2) is 12.2 Å². The van der Waals surface area contributed by atoms with E-state index in [2.05, 4.69) is 50.2 Å². The lowest BCUT2D eigenvalue weighted by molar-refractivity contribution is 0.413. The summed E-state index contributed by atoms with van der Waals surface area (Å²) in [4.78, 5) is 0. The fraction of sp³-hybridized carbons (Fsp3) is 0.250. The minimum absolute atomic E-state index is 0.200. The van der Waals surface area contributed by atoms with E-state index in [0.29, 0.717) is 15.5 Å². The summed E-state index contributed by atoms with van der Waals surface area (Å²) in [5.41, 5.74) is 2.26. The summed E-state index contributed by atoms with van der Waals surface area (Å²) in [5, 5.41) is 13.2. The van der Waals surface area contributed by atoms with Crippen LogP contribution in [-0.2, 0) is 6.54 Å².